The highest BCUT2D eigenvalue weighted by atomic mass is 32.2. The molecule has 0 N–H and O–H groups in total. The lowest BCUT2D eigenvalue weighted by molar-refractivity contribution is 0.0474. The molecule has 0 amide bonds. The smallest absolute Gasteiger partial charge is 0.338 e. The van der Waals surface area contributed by atoms with Crippen LogP contribution >= 0.6 is 0 Å². The third-order valence-corrected chi connectivity index (χ3v) is 6.73. The van der Waals surface area contributed by atoms with Crippen molar-refractivity contribution >= 4 is 21.8 Å². The van der Waals surface area contributed by atoms with Gasteiger partial charge in [0.15, 0.2) is 12.4 Å². The van der Waals surface area contributed by atoms with Gasteiger partial charge in [0, 0.05) is 18.7 Å². The first-order valence-corrected chi connectivity index (χ1v) is 10.6. The number of aryl methyl sites for hydroxylation is 2. The van der Waals surface area contributed by atoms with Crippen molar-refractivity contribution in [2.24, 2.45) is 0 Å². The van der Waals surface area contributed by atoms with Crippen LogP contribution in [-0.4, -0.2) is 44.2 Å². The van der Waals surface area contributed by atoms with Gasteiger partial charge < -0.3 is 4.74 Å². The van der Waals surface area contributed by atoms with E-state index in [2.05, 4.69) is 0 Å². The maximum Gasteiger partial charge on any atom is 0.338 e. The van der Waals surface area contributed by atoms with E-state index in [1.54, 1.807) is 6.07 Å². The van der Waals surface area contributed by atoms with Crippen LogP contribution in [0.2, 0.25) is 0 Å². The van der Waals surface area contributed by atoms with E-state index < -0.39 is 22.6 Å². The molecule has 0 radical (unpaired) electrons. The second-order valence-corrected chi connectivity index (χ2v) is 8.89. The summed E-state index contributed by atoms with van der Waals surface area (Å²) in [5, 5.41) is 0. The van der Waals surface area contributed by atoms with Gasteiger partial charge in [-0.15, -0.1) is 0 Å². The van der Waals surface area contributed by atoms with Crippen molar-refractivity contribution < 1.29 is 22.7 Å². The fourth-order valence-corrected chi connectivity index (χ4v) is 4.74. The summed E-state index contributed by atoms with van der Waals surface area (Å²) in [6.45, 7) is 4.39. The van der Waals surface area contributed by atoms with Crippen LogP contribution in [-0.2, 0) is 14.8 Å². The van der Waals surface area contributed by atoms with Crippen LogP contribution in [0.3, 0.4) is 0 Å². The predicted molar refractivity (Wildman–Crippen MR) is 105 cm³/mol. The van der Waals surface area contributed by atoms with Gasteiger partial charge in [-0.1, -0.05) is 17.7 Å². The summed E-state index contributed by atoms with van der Waals surface area (Å²) in [4.78, 5) is 24.7. The van der Waals surface area contributed by atoms with Crippen molar-refractivity contribution in [2.45, 2.75) is 31.6 Å². The largest absolute Gasteiger partial charge is 0.454 e. The number of hydrogen-bond donors (Lipinski definition) is 0. The van der Waals surface area contributed by atoms with Crippen LogP contribution in [0.25, 0.3) is 0 Å². The summed E-state index contributed by atoms with van der Waals surface area (Å²) in [5.41, 5.74) is 2.54. The quantitative estimate of drug-likeness (QED) is 0.549. The van der Waals surface area contributed by atoms with Gasteiger partial charge in [-0.05, 0) is 62.6 Å². The molecule has 0 aromatic heterocycles. The van der Waals surface area contributed by atoms with Gasteiger partial charge >= 0.3 is 5.97 Å². The molecular formula is C21H23NO5S. The first kappa shape index (κ1) is 20.2. The minimum atomic E-state index is -3.51. The number of ether oxygens (including phenoxy) is 1. The van der Waals surface area contributed by atoms with Gasteiger partial charge in [-0.2, -0.15) is 4.31 Å². The standard InChI is InChI=1S/C21H23NO5S/c1-15-5-10-19(16(2)13-15)21(24)27-14-20(23)17-6-8-18(9-7-17)28(25,26)22-11-3-4-12-22/h5-10,13H,3-4,11-12,14H2,1-2H3. The van der Waals surface area contributed by atoms with E-state index in [1.165, 1.54) is 28.6 Å². The van der Waals surface area contributed by atoms with Crippen LogP contribution in [0.1, 0.15) is 44.7 Å². The third-order valence-electron chi connectivity index (χ3n) is 4.82. The highest BCUT2D eigenvalue weighted by Crippen LogP contribution is 2.21. The number of nitrogens with zero attached hydrogens (tertiary/aromatic N) is 1. The highest BCUT2D eigenvalue weighted by Gasteiger charge is 2.27. The molecule has 6 nitrogen and oxygen atoms in total. The number of ketones is 1. The van der Waals surface area contributed by atoms with Crippen molar-refractivity contribution in [1.82, 2.24) is 4.31 Å². The zero-order valence-corrected chi connectivity index (χ0v) is 16.8. The van der Waals surface area contributed by atoms with Gasteiger partial charge in [0.2, 0.25) is 10.0 Å². The summed E-state index contributed by atoms with van der Waals surface area (Å²) in [5.74, 6) is -0.942. The second-order valence-electron chi connectivity index (χ2n) is 6.95. The van der Waals surface area contributed by atoms with Gasteiger partial charge in [0.25, 0.3) is 0 Å². The molecule has 1 fully saturated rings. The minimum absolute atomic E-state index is 0.165. The van der Waals surface area contributed by atoms with E-state index in [4.69, 9.17) is 4.74 Å². The molecular weight excluding hydrogens is 378 g/mol. The van der Waals surface area contributed by atoms with Gasteiger partial charge in [-0.25, -0.2) is 13.2 Å². The van der Waals surface area contributed by atoms with Crippen molar-refractivity contribution in [3.63, 3.8) is 0 Å². The van der Waals surface area contributed by atoms with E-state index in [0.29, 0.717) is 24.2 Å². The monoisotopic (exact) mass is 401 g/mol. The Morgan fingerprint density at radius 3 is 2.25 bits per heavy atom. The molecule has 0 spiro atoms. The Balaban J connectivity index is 1.64. The molecule has 0 atom stereocenters. The molecule has 0 unspecified atom stereocenters. The summed E-state index contributed by atoms with van der Waals surface area (Å²) in [6, 6.07) is 11.1. The van der Waals surface area contributed by atoms with E-state index in [1.807, 2.05) is 26.0 Å². The SMILES string of the molecule is Cc1ccc(C(=O)OCC(=O)c2ccc(S(=O)(=O)N3CCCC3)cc2)c(C)c1. The Morgan fingerprint density at radius 1 is 1.00 bits per heavy atom. The molecule has 0 saturated carbocycles. The molecule has 0 aliphatic carbocycles. The number of carbonyl (C=O) groups is 2. The van der Waals surface area contributed by atoms with E-state index in [0.717, 1.165) is 24.0 Å². The Bertz CT molecular complexity index is 990. The lowest BCUT2D eigenvalue weighted by Crippen LogP contribution is -2.27. The molecule has 2 aromatic carbocycles. The molecule has 1 heterocycles. The average molecular weight is 401 g/mol. The second kappa shape index (κ2) is 8.24. The predicted octanol–water partition coefficient (Wildman–Crippen LogP) is 3.13. The van der Waals surface area contributed by atoms with E-state index in [9.17, 15) is 18.0 Å². The highest BCUT2D eigenvalue weighted by molar-refractivity contribution is 7.89. The minimum Gasteiger partial charge on any atom is -0.454 e. The molecule has 28 heavy (non-hydrogen) atoms. The fourth-order valence-electron chi connectivity index (χ4n) is 3.23. The summed E-state index contributed by atoms with van der Waals surface area (Å²) in [7, 11) is -3.51. The maximum atomic E-state index is 12.5. The molecule has 2 aromatic rings. The van der Waals surface area contributed by atoms with Gasteiger partial charge in [0.1, 0.15) is 0 Å². The van der Waals surface area contributed by atoms with Gasteiger partial charge in [-0.3, -0.25) is 4.79 Å². The number of Topliss-reactive ketones (excluding diaryl/α,β-unsaturated/α-hetero) is 1. The number of sulfonamides is 1. The van der Waals surface area contributed by atoms with E-state index in [-0.39, 0.29) is 10.7 Å². The van der Waals surface area contributed by atoms with Crippen LogP contribution in [0.15, 0.2) is 47.4 Å². The number of esters is 1. The summed E-state index contributed by atoms with van der Waals surface area (Å²) >= 11 is 0. The Kier molecular flexibility index (Phi) is 5.96. The van der Waals surface area contributed by atoms with Crippen molar-refractivity contribution in [2.75, 3.05) is 19.7 Å². The first-order chi connectivity index (χ1) is 13.3. The molecule has 3 rings (SSSR count). The van der Waals surface area contributed by atoms with Gasteiger partial charge in [0.05, 0.1) is 10.5 Å². The van der Waals surface area contributed by atoms with Crippen molar-refractivity contribution in [1.29, 1.82) is 0 Å². The lowest BCUT2D eigenvalue weighted by atomic mass is 10.1. The number of carbonyl (C=O) groups excluding carboxylic acids is 2. The summed E-state index contributed by atoms with van der Waals surface area (Å²) in [6.07, 6.45) is 1.73. The van der Waals surface area contributed by atoms with Crippen LogP contribution in [0, 0.1) is 13.8 Å². The maximum absolute atomic E-state index is 12.5. The molecule has 1 aliphatic heterocycles. The summed E-state index contributed by atoms with van der Waals surface area (Å²) < 4.78 is 31.6. The zero-order chi connectivity index (χ0) is 20.3. The third kappa shape index (κ3) is 4.31. The van der Waals surface area contributed by atoms with Crippen molar-refractivity contribution in [3.05, 3.63) is 64.7 Å². The fraction of sp³-hybridized carbons (Fsp3) is 0.333. The number of benzene rings is 2. The number of hydrogen-bond acceptors (Lipinski definition) is 5. The molecule has 1 aliphatic rings. The van der Waals surface area contributed by atoms with Crippen LogP contribution in [0.4, 0.5) is 0 Å². The zero-order valence-electron chi connectivity index (χ0n) is 16.0. The molecule has 0 bridgehead atoms. The molecule has 1 saturated heterocycles. The Hall–Kier alpha value is -2.51. The first-order valence-electron chi connectivity index (χ1n) is 9.17. The average Bonchev–Trinajstić information content (AvgIpc) is 3.21. The topological polar surface area (TPSA) is 80.8 Å². The Labute approximate surface area is 165 Å². The normalized spacial score (nSPS) is 14.8. The lowest BCUT2D eigenvalue weighted by Gasteiger charge is -2.15. The van der Waals surface area contributed by atoms with Crippen molar-refractivity contribution in [3.8, 4) is 0 Å². The van der Waals surface area contributed by atoms with Crippen LogP contribution in [0.5, 0.6) is 0 Å². The number of rotatable bonds is 6. The Morgan fingerprint density at radius 2 is 1.64 bits per heavy atom. The molecule has 7 heteroatoms. The van der Waals surface area contributed by atoms with Crippen LogP contribution < -0.4 is 0 Å². The molecule has 148 valence electrons. The van der Waals surface area contributed by atoms with E-state index >= 15 is 0 Å².